The van der Waals surface area contributed by atoms with Crippen molar-refractivity contribution < 1.29 is 19.2 Å². The molecule has 0 atom stereocenters. The monoisotopic (exact) mass is 357 g/mol. The second-order valence-electron chi connectivity index (χ2n) is 5.68. The van der Waals surface area contributed by atoms with Crippen molar-refractivity contribution in [3.63, 3.8) is 0 Å². The fourth-order valence-corrected chi connectivity index (χ4v) is 2.12. The van der Waals surface area contributed by atoms with Gasteiger partial charge in [0.1, 0.15) is 0 Å². The standard InChI is InChI=1S/C18H19N3O5/c1-13-7-9-14(10-8-13)19-17(22)11-20(2)18(23)12-26-16-6-4-3-5-15(16)21(24)25/h3-10H,11-12H2,1-2H3,(H,19,22). The number of amides is 2. The Balaban J connectivity index is 1.86. The molecule has 0 fully saturated rings. The Morgan fingerprint density at radius 1 is 1.15 bits per heavy atom. The maximum absolute atomic E-state index is 12.1. The van der Waals surface area contributed by atoms with Gasteiger partial charge in [0.05, 0.1) is 11.5 Å². The fraction of sp³-hybridized carbons (Fsp3) is 0.222. The zero-order chi connectivity index (χ0) is 19.1. The maximum Gasteiger partial charge on any atom is 0.310 e. The van der Waals surface area contributed by atoms with E-state index in [2.05, 4.69) is 5.32 Å². The van der Waals surface area contributed by atoms with Crippen molar-refractivity contribution >= 4 is 23.2 Å². The van der Waals surface area contributed by atoms with Crippen LogP contribution >= 0.6 is 0 Å². The number of nitro benzene ring substituents is 1. The van der Waals surface area contributed by atoms with Crippen molar-refractivity contribution in [1.29, 1.82) is 0 Å². The Bertz CT molecular complexity index is 805. The highest BCUT2D eigenvalue weighted by molar-refractivity contribution is 5.94. The molecule has 0 spiro atoms. The SMILES string of the molecule is Cc1ccc(NC(=O)CN(C)C(=O)COc2ccccc2[N+](=O)[O-])cc1. The van der Waals surface area contributed by atoms with E-state index >= 15 is 0 Å². The topological polar surface area (TPSA) is 102 Å². The number of carbonyl (C=O) groups excluding carboxylic acids is 2. The summed E-state index contributed by atoms with van der Waals surface area (Å²) in [4.78, 5) is 35.6. The van der Waals surface area contributed by atoms with Gasteiger partial charge in [-0.3, -0.25) is 19.7 Å². The Morgan fingerprint density at radius 2 is 1.81 bits per heavy atom. The number of nitrogens with zero attached hydrogens (tertiary/aromatic N) is 2. The summed E-state index contributed by atoms with van der Waals surface area (Å²) in [6.07, 6.45) is 0. The minimum atomic E-state index is -0.585. The molecule has 2 rings (SSSR count). The van der Waals surface area contributed by atoms with Crippen LogP contribution in [0.2, 0.25) is 0 Å². The summed E-state index contributed by atoms with van der Waals surface area (Å²) in [6.45, 7) is 1.38. The zero-order valence-electron chi connectivity index (χ0n) is 14.5. The van der Waals surface area contributed by atoms with E-state index in [4.69, 9.17) is 4.74 Å². The predicted molar refractivity (Wildman–Crippen MR) is 96.0 cm³/mol. The lowest BCUT2D eigenvalue weighted by Crippen LogP contribution is -2.37. The summed E-state index contributed by atoms with van der Waals surface area (Å²) in [5.74, 6) is -0.819. The molecule has 0 aliphatic rings. The van der Waals surface area contributed by atoms with Crippen LogP contribution in [-0.2, 0) is 9.59 Å². The molecule has 0 saturated carbocycles. The molecule has 136 valence electrons. The summed E-state index contributed by atoms with van der Waals surface area (Å²) in [5, 5.41) is 13.6. The van der Waals surface area contributed by atoms with Gasteiger partial charge in [0.15, 0.2) is 12.4 Å². The van der Waals surface area contributed by atoms with Gasteiger partial charge in [-0.1, -0.05) is 29.8 Å². The van der Waals surface area contributed by atoms with Crippen LogP contribution in [0.3, 0.4) is 0 Å². The quantitative estimate of drug-likeness (QED) is 0.605. The lowest BCUT2D eigenvalue weighted by molar-refractivity contribution is -0.385. The molecule has 0 unspecified atom stereocenters. The van der Waals surface area contributed by atoms with E-state index in [1.54, 1.807) is 18.2 Å². The summed E-state index contributed by atoms with van der Waals surface area (Å²) >= 11 is 0. The second kappa shape index (κ2) is 8.61. The molecule has 0 radical (unpaired) electrons. The van der Waals surface area contributed by atoms with Gasteiger partial charge in [-0.15, -0.1) is 0 Å². The molecule has 0 heterocycles. The Labute approximate surface area is 150 Å². The summed E-state index contributed by atoms with van der Waals surface area (Å²) in [7, 11) is 1.46. The maximum atomic E-state index is 12.1. The molecule has 0 aliphatic heterocycles. The normalized spacial score (nSPS) is 10.1. The number of aryl methyl sites for hydroxylation is 1. The first kappa shape index (κ1) is 18.9. The first-order valence-electron chi connectivity index (χ1n) is 7.83. The minimum Gasteiger partial charge on any atom is -0.477 e. The van der Waals surface area contributed by atoms with Crippen LogP contribution in [0.15, 0.2) is 48.5 Å². The van der Waals surface area contributed by atoms with E-state index < -0.39 is 17.4 Å². The van der Waals surface area contributed by atoms with Crippen LogP contribution in [0.5, 0.6) is 5.75 Å². The third-order valence-electron chi connectivity index (χ3n) is 3.55. The zero-order valence-corrected chi connectivity index (χ0v) is 14.5. The van der Waals surface area contributed by atoms with Crippen LogP contribution in [0.25, 0.3) is 0 Å². The van der Waals surface area contributed by atoms with Crippen LogP contribution in [0.1, 0.15) is 5.56 Å². The number of para-hydroxylation sites is 2. The first-order chi connectivity index (χ1) is 12.4. The molecule has 0 aliphatic carbocycles. The summed E-state index contributed by atoms with van der Waals surface area (Å²) in [5.41, 5.74) is 1.49. The number of likely N-dealkylation sites (N-methyl/N-ethyl adjacent to an activating group) is 1. The number of nitrogens with one attached hydrogen (secondary N) is 1. The Kier molecular flexibility index (Phi) is 6.26. The molecule has 2 aromatic rings. The molecule has 8 heteroatoms. The molecule has 2 aromatic carbocycles. The highest BCUT2D eigenvalue weighted by atomic mass is 16.6. The number of hydrogen-bond donors (Lipinski definition) is 1. The number of nitro groups is 1. The van der Waals surface area contributed by atoms with E-state index in [1.807, 2.05) is 19.1 Å². The summed E-state index contributed by atoms with van der Waals surface area (Å²) in [6, 6.07) is 13.1. The minimum absolute atomic E-state index is 0.00311. The van der Waals surface area contributed by atoms with Crippen molar-refractivity contribution in [2.24, 2.45) is 0 Å². The van der Waals surface area contributed by atoms with Crippen LogP contribution in [0.4, 0.5) is 11.4 Å². The number of ether oxygens (including phenoxy) is 1. The van der Waals surface area contributed by atoms with Gasteiger partial charge in [0.25, 0.3) is 5.91 Å². The lowest BCUT2D eigenvalue weighted by Gasteiger charge is -2.17. The number of benzene rings is 2. The molecule has 2 amide bonds. The average molecular weight is 357 g/mol. The van der Waals surface area contributed by atoms with Gasteiger partial charge in [-0.2, -0.15) is 0 Å². The number of carbonyl (C=O) groups is 2. The van der Waals surface area contributed by atoms with Gasteiger partial charge in [-0.25, -0.2) is 0 Å². The van der Waals surface area contributed by atoms with E-state index in [-0.39, 0.29) is 23.9 Å². The van der Waals surface area contributed by atoms with Gasteiger partial charge in [-0.05, 0) is 25.1 Å². The van der Waals surface area contributed by atoms with E-state index in [0.717, 1.165) is 5.56 Å². The van der Waals surface area contributed by atoms with E-state index in [9.17, 15) is 19.7 Å². The van der Waals surface area contributed by atoms with Gasteiger partial charge >= 0.3 is 5.69 Å². The third kappa shape index (κ3) is 5.30. The summed E-state index contributed by atoms with van der Waals surface area (Å²) < 4.78 is 5.23. The van der Waals surface area contributed by atoms with Gasteiger partial charge < -0.3 is 15.0 Å². The van der Waals surface area contributed by atoms with E-state index in [1.165, 1.54) is 30.1 Å². The van der Waals surface area contributed by atoms with Crippen molar-refractivity contribution in [3.05, 3.63) is 64.2 Å². The molecule has 1 N–H and O–H groups in total. The average Bonchev–Trinajstić information content (AvgIpc) is 2.61. The highest BCUT2D eigenvalue weighted by Gasteiger charge is 2.17. The molecule has 26 heavy (non-hydrogen) atoms. The smallest absolute Gasteiger partial charge is 0.310 e. The van der Waals surface area contributed by atoms with E-state index in [0.29, 0.717) is 5.69 Å². The second-order valence-corrected chi connectivity index (χ2v) is 5.68. The van der Waals surface area contributed by atoms with Crippen LogP contribution < -0.4 is 10.1 Å². The molecular formula is C18H19N3O5. The third-order valence-corrected chi connectivity index (χ3v) is 3.55. The highest BCUT2D eigenvalue weighted by Crippen LogP contribution is 2.25. The van der Waals surface area contributed by atoms with Crippen molar-refractivity contribution in [2.75, 3.05) is 25.5 Å². The molecule has 0 saturated heterocycles. The molecule has 8 nitrogen and oxygen atoms in total. The van der Waals surface area contributed by atoms with Crippen LogP contribution in [0, 0.1) is 17.0 Å². The van der Waals surface area contributed by atoms with Crippen molar-refractivity contribution in [2.45, 2.75) is 6.92 Å². The largest absolute Gasteiger partial charge is 0.477 e. The van der Waals surface area contributed by atoms with Crippen molar-refractivity contribution in [1.82, 2.24) is 4.90 Å². The number of anilines is 1. The van der Waals surface area contributed by atoms with Gasteiger partial charge in [0.2, 0.25) is 5.91 Å². The first-order valence-corrected chi connectivity index (χ1v) is 7.83. The lowest BCUT2D eigenvalue weighted by atomic mass is 10.2. The molecule has 0 bridgehead atoms. The number of rotatable bonds is 7. The number of hydrogen-bond acceptors (Lipinski definition) is 5. The van der Waals surface area contributed by atoms with Gasteiger partial charge in [0, 0.05) is 18.8 Å². The molecular weight excluding hydrogens is 338 g/mol. The predicted octanol–water partition coefficient (Wildman–Crippen LogP) is 2.38. The Hall–Kier alpha value is -3.42. The fourth-order valence-electron chi connectivity index (χ4n) is 2.12. The molecule has 0 aromatic heterocycles. The van der Waals surface area contributed by atoms with Crippen LogP contribution in [-0.4, -0.2) is 41.8 Å². The Morgan fingerprint density at radius 3 is 2.46 bits per heavy atom. The van der Waals surface area contributed by atoms with Crippen molar-refractivity contribution in [3.8, 4) is 5.75 Å².